The van der Waals surface area contributed by atoms with Crippen molar-refractivity contribution < 1.29 is 33.7 Å². The number of hydrogen-bond acceptors (Lipinski definition) is 8. The molecule has 1 N–H and O–H groups in total. The third-order valence-electron chi connectivity index (χ3n) is 6.53. The van der Waals surface area contributed by atoms with Gasteiger partial charge in [0.15, 0.2) is 0 Å². The first-order valence-corrected chi connectivity index (χ1v) is 11.9. The molecule has 0 bridgehead atoms. The monoisotopic (exact) mass is 494 g/mol. The van der Waals surface area contributed by atoms with E-state index in [1.165, 1.54) is 19.1 Å². The van der Waals surface area contributed by atoms with Gasteiger partial charge >= 0.3 is 5.97 Å². The first-order valence-electron chi connectivity index (χ1n) is 11.9. The van der Waals surface area contributed by atoms with Gasteiger partial charge in [0, 0.05) is 31.7 Å². The molecule has 0 aromatic heterocycles. The molecule has 2 saturated heterocycles. The molecule has 9 nitrogen and oxygen atoms in total. The Morgan fingerprint density at radius 3 is 2.22 bits per heavy atom. The SMILES string of the molecule is COC(=O)c1ccc([C@@H]2/C(=C(\O)c3ccc(OC)cc3)C(=O)C(=O)N2CCCN2CCOCC2)cc1. The van der Waals surface area contributed by atoms with Gasteiger partial charge in [0.25, 0.3) is 11.7 Å². The Morgan fingerprint density at radius 2 is 1.61 bits per heavy atom. The lowest BCUT2D eigenvalue weighted by atomic mass is 9.94. The number of amides is 1. The van der Waals surface area contributed by atoms with Crippen LogP contribution in [-0.2, 0) is 19.1 Å². The number of nitrogens with zero attached hydrogens (tertiary/aromatic N) is 2. The molecule has 2 aliphatic rings. The summed E-state index contributed by atoms with van der Waals surface area (Å²) < 4.78 is 15.3. The van der Waals surface area contributed by atoms with Gasteiger partial charge in [0.2, 0.25) is 0 Å². The van der Waals surface area contributed by atoms with Crippen molar-refractivity contribution in [3.8, 4) is 5.75 Å². The zero-order chi connectivity index (χ0) is 25.7. The quantitative estimate of drug-likeness (QED) is 0.258. The Labute approximate surface area is 209 Å². The second-order valence-electron chi connectivity index (χ2n) is 8.64. The van der Waals surface area contributed by atoms with Crippen LogP contribution in [0.4, 0.5) is 0 Å². The van der Waals surface area contributed by atoms with Gasteiger partial charge in [0.05, 0.1) is 44.6 Å². The average Bonchev–Trinajstić information content (AvgIpc) is 3.18. The van der Waals surface area contributed by atoms with Gasteiger partial charge < -0.3 is 24.2 Å². The van der Waals surface area contributed by atoms with E-state index in [0.717, 1.165) is 19.6 Å². The summed E-state index contributed by atoms with van der Waals surface area (Å²) in [6.45, 7) is 4.12. The fourth-order valence-electron chi connectivity index (χ4n) is 4.57. The molecule has 2 aliphatic heterocycles. The summed E-state index contributed by atoms with van der Waals surface area (Å²) in [6.07, 6.45) is 0.659. The molecule has 4 rings (SSSR count). The molecule has 0 saturated carbocycles. The van der Waals surface area contributed by atoms with Gasteiger partial charge in [0.1, 0.15) is 11.5 Å². The van der Waals surface area contributed by atoms with Crippen molar-refractivity contribution >= 4 is 23.4 Å². The fraction of sp³-hybridized carbons (Fsp3) is 0.370. The topological polar surface area (TPSA) is 106 Å². The molecular weight excluding hydrogens is 464 g/mol. The molecule has 1 atom stereocenters. The van der Waals surface area contributed by atoms with Crippen LogP contribution < -0.4 is 4.74 Å². The summed E-state index contributed by atoms with van der Waals surface area (Å²) in [5, 5.41) is 11.2. The first kappa shape index (κ1) is 25.4. The van der Waals surface area contributed by atoms with Crippen LogP contribution in [0.3, 0.4) is 0 Å². The second kappa shape index (κ2) is 11.4. The number of hydrogen-bond donors (Lipinski definition) is 1. The van der Waals surface area contributed by atoms with Crippen LogP contribution in [0.1, 0.15) is 33.9 Å². The number of aliphatic hydroxyl groups excluding tert-OH is 1. The van der Waals surface area contributed by atoms with Gasteiger partial charge in [-0.2, -0.15) is 0 Å². The summed E-state index contributed by atoms with van der Waals surface area (Å²) in [7, 11) is 2.84. The van der Waals surface area contributed by atoms with E-state index < -0.39 is 23.7 Å². The number of likely N-dealkylation sites (tertiary alicyclic amines) is 1. The molecule has 2 aromatic carbocycles. The lowest BCUT2D eigenvalue weighted by molar-refractivity contribution is -0.140. The Morgan fingerprint density at radius 1 is 0.972 bits per heavy atom. The van der Waals surface area contributed by atoms with Crippen molar-refractivity contribution in [3.05, 3.63) is 70.8 Å². The molecule has 2 fully saturated rings. The van der Waals surface area contributed by atoms with Crippen LogP contribution in [0, 0.1) is 0 Å². The van der Waals surface area contributed by atoms with E-state index in [1.807, 2.05) is 0 Å². The van der Waals surface area contributed by atoms with Crippen LogP contribution >= 0.6 is 0 Å². The van der Waals surface area contributed by atoms with Gasteiger partial charge in [-0.15, -0.1) is 0 Å². The minimum absolute atomic E-state index is 0.0161. The highest BCUT2D eigenvalue weighted by molar-refractivity contribution is 6.46. The Balaban J connectivity index is 1.68. The van der Waals surface area contributed by atoms with E-state index in [9.17, 15) is 19.5 Å². The highest BCUT2D eigenvalue weighted by atomic mass is 16.5. The Hall–Kier alpha value is -3.69. The van der Waals surface area contributed by atoms with Crippen molar-refractivity contribution in [1.29, 1.82) is 0 Å². The molecule has 9 heteroatoms. The maximum atomic E-state index is 13.2. The van der Waals surface area contributed by atoms with Crippen molar-refractivity contribution in [2.45, 2.75) is 12.5 Å². The van der Waals surface area contributed by atoms with Crippen LogP contribution in [0.25, 0.3) is 5.76 Å². The molecule has 36 heavy (non-hydrogen) atoms. The largest absolute Gasteiger partial charge is 0.507 e. The number of carbonyl (C=O) groups excluding carboxylic acids is 3. The number of aliphatic hydroxyl groups is 1. The number of methoxy groups -OCH3 is 2. The van der Waals surface area contributed by atoms with E-state index in [0.29, 0.717) is 48.6 Å². The van der Waals surface area contributed by atoms with Gasteiger partial charge in [-0.3, -0.25) is 14.5 Å². The Bertz CT molecular complexity index is 1140. The number of esters is 1. The first-order chi connectivity index (χ1) is 17.4. The van der Waals surface area contributed by atoms with E-state index in [-0.39, 0.29) is 11.3 Å². The standard InChI is InChI=1S/C27H30N2O7/c1-34-21-10-8-19(9-11-21)24(30)22-23(18-4-6-20(7-5-18)27(33)35-2)29(26(32)25(22)31)13-3-12-28-14-16-36-17-15-28/h4-11,23,30H,3,12-17H2,1-2H3/b24-22+/t23-/m1/s1. The van der Waals surface area contributed by atoms with Gasteiger partial charge in [-0.25, -0.2) is 4.79 Å². The third-order valence-corrected chi connectivity index (χ3v) is 6.53. The summed E-state index contributed by atoms with van der Waals surface area (Å²) >= 11 is 0. The maximum absolute atomic E-state index is 13.2. The molecule has 0 spiro atoms. The van der Waals surface area contributed by atoms with Crippen LogP contribution in [0.15, 0.2) is 54.1 Å². The predicted octanol–water partition coefficient (Wildman–Crippen LogP) is 2.63. The summed E-state index contributed by atoms with van der Waals surface area (Å²) in [5.41, 5.74) is 1.38. The number of Topliss-reactive ketones (excluding diaryl/α,β-unsaturated/α-hetero) is 1. The van der Waals surface area contributed by atoms with E-state index in [2.05, 4.69) is 4.90 Å². The van der Waals surface area contributed by atoms with Crippen molar-refractivity contribution in [1.82, 2.24) is 9.80 Å². The molecular formula is C27H30N2O7. The molecule has 190 valence electrons. The van der Waals surface area contributed by atoms with Crippen molar-refractivity contribution in [2.75, 3.05) is 53.6 Å². The zero-order valence-electron chi connectivity index (χ0n) is 20.4. The van der Waals surface area contributed by atoms with Crippen molar-refractivity contribution in [3.63, 3.8) is 0 Å². The molecule has 0 radical (unpaired) electrons. The number of ketones is 1. The van der Waals surface area contributed by atoms with Crippen LogP contribution in [-0.4, -0.2) is 86.2 Å². The van der Waals surface area contributed by atoms with Gasteiger partial charge in [-0.1, -0.05) is 12.1 Å². The van der Waals surface area contributed by atoms with Crippen molar-refractivity contribution in [2.24, 2.45) is 0 Å². The number of benzene rings is 2. The highest BCUT2D eigenvalue weighted by Gasteiger charge is 2.45. The Kier molecular flexibility index (Phi) is 8.02. The number of morpholine rings is 1. The normalized spacial score (nSPS) is 19.9. The number of rotatable bonds is 8. The predicted molar refractivity (Wildman–Crippen MR) is 132 cm³/mol. The highest BCUT2D eigenvalue weighted by Crippen LogP contribution is 2.39. The fourth-order valence-corrected chi connectivity index (χ4v) is 4.57. The second-order valence-corrected chi connectivity index (χ2v) is 8.64. The van der Waals surface area contributed by atoms with E-state index in [1.54, 1.807) is 48.5 Å². The summed E-state index contributed by atoms with van der Waals surface area (Å²) in [6, 6.07) is 12.4. The van der Waals surface area contributed by atoms with E-state index in [4.69, 9.17) is 14.2 Å². The number of carbonyl (C=O) groups is 3. The lowest BCUT2D eigenvalue weighted by Gasteiger charge is -2.29. The van der Waals surface area contributed by atoms with Crippen LogP contribution in [0.2, 0.25) is 0 Å². The summed E-state index contributed by atoms with van der Waals surface area (Å²) in [4.78, 5) is 42.0. The zero-order valence-corrected chi connectivity index (χ0v) is 20.4. The van der Waals surface area contributed by atoms with E-state index >= 15 is 0 Å². The average molecular weight is 495 g/mol. The molecule has 2 heterocycles. The molecule has 0 aliphatic carbocycles. The smallest absolute Gasteiger partial charge is 0.337 e. The minimum Gasteiger partial charge on any atom is -0.507 e. The lowest BCUT2D eigenvalue weighted by Crippen LogP contribution is -2.39. The molecule has 1 amide bonds. The third kappa shape index (κ3) is 5.27. The van der Waals surface area contributed by atoms with Crippen LogP contribution in [0.5, 0.6) is 5.75 Å². The van der Waals surface area contributed by atoms with Gasteiger partial charge in [-0.05, 0) is 48.4 Å². The maximum Gasteiger partial charge on any atom is 0.337 e. The molecule has 0 unspecified atom stereocenters. The molecule has 2 aromatic rings. The summed E-state index contributed by atoms with van der Waals surface area (Å²) in [5.74, 6) is -1.54. The number of ether oxygens (including phenoxy) is 3. The minimum atomic E-state index is -0.788.